The summed E-state index contributed by atoms with van der Waals surface area (Å²) < 4.78 is 4.43. The first-order valence-electron chi connectivity index (χ1n) is 9.44. The Labute approximate surface area is 185 Å². The smallest absolute Gasteiger partial charge is 0.290 e. The number of carboxylic acid groups (broad SMARTS) is 1. The number of carbonyl (C=O) groups excluding carboxylic acids is 1. The third-order valence-electron chi connectivity index (χ3n) is 5.19. The molecule has 0 fully saturated rings. The Balaban J connectivity index is 0.00000101. The molecule has 5 nitrogen and oxygen atoms in total. The van der Waals surface area contributed by atoms with Crippen molar-refractivity contribution in [1.29, 1.82) is 0 Å². The summed E-state index contributed by atoms with van der Waals surface area (Å²) in [6.45, 7) is 5.73. The maximum atomic E-state index is 11.5. The van der Waals surface area contributed by atoms with Gasteiger partial charge in [-0.05, 0) is 54.6 Å². The number of aldehydes is 1. The van der Waals surface area contributed by atoms with Gasteiger partial charge in [-0.25, -0.2) is 0 Å². The molecule has 1 atom stereocenters. The van der Waals surface area contributed by atoms with Crippen molar-refractivity contribution in [3.8, 4) is 21.6 Å². The third kappa shape index (κ3) is 4.89. The first-order chi connectivity index (χ1) is 14.3. The highest BCUT2D eigenvalue weighted by Gasteiger charge is 2.23. The number of benzene rings is 2. The van der Waals surface area contributed by atoms with Crippen LogP contribution >= 0.6 is 23.1 Å². The van der Waals surface area contributed by atoms with Gasteiger partial charge < -0.3 is 15.2 Å². The topological polar surface area (TPSA) is 79.3 Å². The van der Waals surface area contributed by atoms with Gasteiger partial charge in [0.2, 0.25) is 0 Å². The maximum absolute atomic E-state index is 11.5. The molecule has 1 unspecified atom stereocenters. The van der Waals surface area contributed by atoms with Crippen LogP contribution in [0.2, 0.25) is 5.02 Å². The largest absolute Gasteiger partial charge is 0.483 e. The van der Waals surface area contributed by atoms with Crippen LogP contribution < -0.4 is 5.32 Å². The molecular weight excluding hydrogens is 420 g/mol. The standard InChI is InChI=1S/C22H23ClN2OS.CH2O2/c1-5-22(3,13-26)17-9-6-15(7-10-17)18-11-8-16(12-19(18)23)21-20(24-4)14(2)25-27-21;2-1-3/h6-13,24H,5H2,1-4H3;1H,(H,2,3). The van der Waals surface area contributed by atoms with E-state index >= 15 is 0 Å². The lowest BCUT2D eigenvalue weighted by Gasteiger charge is -2.21. The average molecular weight is 445 g/mol. The van der Waals surface area contributed by atoms with E-state index in [0.717, 1.165) is 51.2 Å². The zero-order chi connectivity index (χ0) is 22.3. The molecule has 0 bridgehead atoms. The van der Waals surface area contributed by atoms with Crippen LogP contribution in [0, 0.1) is 6.92 Å². The molecule has 2 N–H and O–H groups in total. The van der Waals surface area contributed by atoms with Crippen molar-refractivity contribution in [1.82, 2.24) is 4.37 Å². The van der Waals surface area contributed by atoms with E-state index in [1.807, 2.05) is 64.2 Å². The fourth-order valence-corrected chi connectivity index (χ4v) is 4.32. The second-order valence-electron chi connectivity index (χ2n) is 6.99. The van der Waals surface area contributed by atoms with Crippen LogP contribution in [0.5, 0.6) is 0 Å². The Morgan fingerprint density at radius 1 is 1.17 bits per heavy atom. The van der Waals surface area contributed by atoms with E-state index < -0.39 is 5.41 Å². The lowest BCUT2D eigenvalue weighted by molar-refractivity contribution is -0.122. The van der Waals surface area contributed by atoms with Gasteiger partial charge in [0.1, 0.15) is 6.29 Å². The van der Waals surface area contributed by atoms with E-state index in [1.165, 1.54) is 11.5 Å². The molecular formula is C23H25ClN2O3S. The van der Waals surface area contributed by atoms with E-state index in [-0.39, 0.29) is 6.47 Å². The number of aryl methyl sites for hydroxylation is 1. The molecule has 0 saturated heterocycles. The number of nitrogens with zero attached hydrogens (tertiary/aromatic N) is 1. The van der Waals surface area contributed by atoms with Gasteiger partial charge in [-0.1, -0.05) is 54.9 Å². The van der Waals surface area contributed by atoms with E-state index in [1.54, 1.807) is 0 Å². The minimum atomic E-state index is -0.445. The van der Waals surface area contributed by atoms with Crippen LogP contribution in [-0.4, -0.2) is 29.3 Å². The second-order valence-corrected chi connectivity index (χ2v) is 8.17. The number of carbonyl (C=O) groups is 2. The summed E-state index contributed by atoms with van der Waals surface area (Å²) in [6.07, 6.45) is 1.80. The molecule has 1 heterocycles. The lowest BCUT2D eigenvalue weighted by atomic mass is 9.81. The van der Waals surface area contributed by atoms with E-state index in [2.05, 4.69) is 15.8 Å². The van der Waals surface area contributed by atoms with Gasteiger partial charge in [-0.3, -0.25) is 4.79 Å². The number of halogens is 1. The van der Waals surface area contributed by atoms with Crippen molar-refractivity contribution in [2.45, 2.75) is 32.6 Å². The summed E-state index contributed by atoms with van der Waals surface area (Å²) in [5.74, 6) is 0. The summed E-state index contributed by atoms with van der Waals surface area (Å²) in [5.41, 5.74) is 5.67. The zero-order valence-corrected chi connectivity index (χ0v) is 19.0. The highest BCUT2D eigenvalue weighted by molar-refractivity contribution is 7.10. The van der Waals surface area contributed by atoms with Gasteiger partial charge in [0.05, 0.1) is 16.3 Å². The monoisotopic (exact) mass is 444 g/mol. The Morgan fingerprint density at radius 2 is 1.77 bits per heavy atom. The van der Waals surface area contributed by atoms with Gasteiger partial charge in [0, 0.05) is 23.0 Å². The van der Waals surface area contributed by atoms with Gasteiger partial charge in [0.15, 0.2) is 0 Å². The summed E-state index contributed by atoms with van der Waals surface area (Å²) in [6, 6.07) is 14.2. The molecule has 3 aromatic rings. The van der Waals surface area contributed by atoms with Crippen molar-refractivity contribution in [3.63, 3.8) is 0 Å². The second kappa shape index (κ2) is 10.4. The zero-order valence-electron chi connectivity index (χ0n) is 17.4. The predicted octanol–water partition coefficient (Wildman–Crippen LogP) is 6.05. The highest BCUT2D eigenvalue weighted by Crippen LogP contribution is 2.38. The maximum Gasteiger partial charge on any atom is 0.290 e. The molecule has 0 spiro atoms. The van der Waals surface area contributed by atoms with E-state index in [9.17, 15) is 4.79 Å². The number of hydrogen-bond donors (Lipinski definition) is 2. The molecule has 0 aliphatic carbocycles. The SMILES string of the molecule is CCC(C)(C=O)c1ccc(-c2ccc(-c3snc(C)c3NC)cc2Cl)cc1.O=CO. The Morgan fingerprint density at radius 3 is 2.27 bits per heavy atom. The molecule has 3 rings (SSSR count). The Kier molecular flexibility index (Phi) is 8.15. The quantitative estimate of drug-likeness (QED) is 0.452. The van der Waals surface area contributed by atoms with Crippen molar-refractivity contribution in [2.24, 2.45) is 0 Å². The average Bonchev–Trinajstić information content (AvgIpc) is 3.14. The molecule has 158 valence electrons. The molecule has 30 heavy (non-hydrogen) atoms. The van der Waals surface area contributed by atoms with Gasteiger partial charge in [-0.2, -0.15) is 4.37 Å². The lowest BCUT2D eigenvalue weighted by Crippen LogP contribution is -2.22. The molecule has 0 saturated carbocycles. The van der Waals surface area contributed by atoms with Crippen LogP contribution in [0.4, 0.5) is 5.69 Å². The number of rotatable bonds is 6. The molecule has 0 aliphatic rings. The summed E-state index contributed by atoms with van der Waals surface area (Å²) in [5, 5.41) is 10.8. The van der Waals surface area contributed by atoms with Gasteiger partial charge >= 0.3 is 0 Å². The first-order valence-corrected chi connectivity index (χ1v) is 10.6. The normalized spacial score (nSPS) is 12.3. The molecule has 0 aliphatic heterocycles. The number of aromatic nitrogens is 1. The molecule has 0 amide bonds. The van der Waals surface area contributed by atoms with E-state index in [4.69, 9.17) is 21.5 Å². The van der Waals surface area contributed by atoms with Crippen molar-refractivity contribution in [2.75, 3.05) is 12.4 Å². The first kappa shape index (κ1) is 23.6. The van der Waals surface area contributed by atoms with Crippen molar-refractivity contribution < 1.29 is 14.7 Å². The molecule has 0 radical (unpaired) electrons. The number of nitrogens with one attached hydrogen (secondary N) is 1. The predicted molar refractivity (Wildman–Crippen MR) is 125 cm³/mol. The third-order valence-corrected chi connectivity index (χ3v) is 6.49. The minimum absolute atomic E-state index is 0.250. The van der Waals surface area contributed by atoms with Gasteiger partial charge in [0.25, 0.3) is 6.47 Å². The molecule has 7 heteroatoms. The fraction of sp³-hybridized carbons (Fsp3) is 0.261. The van der Waals surface area contributed by atoms with Crippen LogP contribution in [0.15, 0.2) is 42.5 Å². The number of hydrogen-bond acceptors (Lipinski definition) is 5. The Hall–Kier alpha value is -2.70. The minimum Gasteiger partial charge on any atom is -0.483 e. The van der Waals surface area contributed by atoms with Crippen LogP contribution in [-0.2, 0) is 15.0 Å². The van der Waals surface area contributed by atoms with Crippen molar-refractivity contribution in [3.05, 3.63) is 58.7 Å². The van der Waals surface area contributed by atoms with Crippen molar-refractivity contribution >= 4 is 41.6 Å². The fourth-order valence-electron chi connectivity index (χ4n) is 3.14. The molecule has 1 aromatic heterocycles. The molecule has 2 aromatic carbocycles. The number of anilines is 1. The summed E-state index contributed by atoms with van der Waals surface area (Å²) in [4.78, 5) is 20.9. The van der Waals surface area contributed by atoms with Crippen LogP contribution in [0.1, 0.15) is 31.5 Å². The summed E-state index contributed by atoms with van der Waals surface area (Å²) >= 11 is 8.08. The highest BCUT2D eigenvalue weighted by atomic mass is 35.5. The van der Waals surface area contributed by atoms with E-state index in [0.29, 0.717) is 5.02 Å². The van der Waals surface area contributed by atoms with Crippen LogP contribution in [0.3, 0.4) is 0 Å². The Bertz CT molecular complexity index is 1020. The van der Waals surface area contributed by atoms with Crippen LogP contribution in [0.25, 0.3) is 21.6 Å². The summed E-state index contributed by atoms with van der Waals surface area (Å²) in [7, 11) is 1.90. The van der Waals surface area contributed by atoms with Gasteiger partial charge in [-0.15, -0.1) is 0 Å².